The Bertz CT molecular complexity index is 1230. The predicted molar refractivity (Wildman–Crippen MR) is 137 cm³/mol. The number of aryl methyl sites for hydroxylation is 1. The van der Waals surface area contributed by atoms with E-state index in [2.05, 4.69) is 10.6 Å². The highest BCUT2D eigenvalue weighted by atomic mass is 19.1. The highest BCUT2D eigenvalue weighted by Gasteiger charge is 2.24. The SMILES string of the molecule is CCCCN(CC(=O)Nc1cc(C(C)(C)C)nn1-c1ccccc1C)C(=O)Nc1ccc(F)cc1F. The minimum Gasteiger partial charge on any atom is -0.315 e. The average molecular weight is 498 g/mol. The van der Waals surface area contributed by atoms with Gasteiger partial charge in [0.25, 0.3) is 0 Å². The highest BCUT2D eigenvalue weighted by Crippen LogP contribution is 2.27. The maximum atomic E-state index is 14.1. The van der Waals surface area contributed by atoms with Crippen molar-refractivity contribution < 1.29 is 18.4 Å². The van der Waals surface area contributed by atoms with Gasteiger partial charge < -0.3 is 15.5 Å². The first kappa shape index (κ1) is 26.8. The second kappa shape index (κ2) is 11.3. The third-order valence-electron chi connectivity index (χ3n) is 5.66. The first-order valence-electron chi connectivity index (χ1n) is 12.0. The molecule has 2 N–H and O–H groups in total. The molecule has 0 aliphatic rings. The molecule has 3 aromatic rings. The number of urea groups is 1. The molecular formula is C27H33F2N5O2. The standard InChI is InChI=1S/C27H33F2N5O2/c1-6-7-14-33(26(36)30-21-13-12-19(28)15-20(21)29)17-25(35)31-24-16-23(27(3,4)5)32-34(24)22-11-9-8-10-18(22)2/h8-13,15-16H,6-7,14,17H2,1-5H3,(H,30,36)(H,31,35). The number of hydrogen-bond donors (Lipinski definition) is 2. The summed E-state index contributed by atoms with van der Waals surface area (Å²) in [6.07, 6.45) is 1.45. The summed E-state index contributed by atoms with van der Waals surface area (Å²) in [5.74, 6) is -1.57. The molecule has 0 spiro atoms. The van der Waals surface area contributed by atoms with Crippen molar-refractivity contribution in [2.45, 2.75) is 52.9 Å². The molecule has 3 rings (SSSR count). The molecule has 0 aliphatic heterocycles. The molecule has 0 saturated heterocycles. The van der Waals surface area contributed by atoms with Crippen molar-refractivity contribution in [1.82, 2.24) is 14.7 Å². The summed E-state index contributed by atoms with van der Waals surface area (Å²) in [6.45, 7) is 10.1. The number of nitrogens with zero attached hydrogens (tertiary/aromatic N) is 3. The number of benzene rings is 2. The number of aromatic nitrogens is 2. The fraction of sp³-hybridized carbons (Fsp3) is 0.370. The molecule has 0 aliphatic carbocycles. The molecule has 0 unspecified atom stereocenters. The number of halogens is 2. The third kappa shape index (κ3) is 6.68. The van der Waals surface area contributed by atoms with E-state index in [1.54, 1.807) is 4.68 Å². The van der Waals surface area contributed by atoms with Gasteiger partial charge in [-0.3, -0.25) is 4.79 Å². The van der Waals surface area contributed by atoms with Crippen LogP contribution in [-0.4, -0.2) is 39.7 Å². The number of carbonyl (C=O) groups excluding carboxylic acids is 2. The summed E-state index contributed by atoms with van der Waals surface area (Å²) in [5, 5.41) is 10.1. The van der Waals surface area contributed by atoms with Gasteiger partial charge in [0, 0.05) is 24.1 Å². The van der Waals surface area contributed by atoms with E-state index in [-0.39, 0.29) is 17.6 Å². The molecule has 0 saturated carbocycles. The van der Waals surface area contributed by atoms with Crippen LogP contribution in [0.3, 0.4) is 0 Å². The lowest BCUT2D eigenvalue weighted by molar-refractivity contribution is -0.116. The second-order valence-electron chi connectivity index (χ2n) is 9.74. The van der Waals surface area contributed by atoms with E-state index in [0.717, 1.165) is 35.5 Å². The van der Waals surface area contributed by atoms with Crippen LogP contribution < -0.4 is 10.6 Å². The monoisotopic (exact) mass is 497 g/mol. The molecular weight excluding hydrogens is 464 g/mol. The Morgan fingerprint density at radius 2 is 1.78 bits per heavy atom. The van der Waals surface area contributed by atoms with Gasteiger partial charge in [-0.05, 0) is 37.1 Å². The van der Waals surface area contributed by atoms with Crippen LogP contribution in [0.25, 0.3) is 5.69 Å². The molecule has 1 heterocycles. The number of carbonyl (C=O) groups is 2. The van der Waals surface area contributed by atoms with Gasteiger partial charge in [-0.25, -0.2) is 18.3 Å². The molecule has 0 fully saturated rings. The third-order valence-corrected chi connectivity index (χ3v) is 5.66. The van der Waals surface area contributed by atoms with Crippen LogP contribution in [0.2, 0.25) is 0 Å². The summed E-state index contributed by atoms with van der Waals surface area (Å²) in [4.78, 5) is 27.3. The van der Waals surface area contributed by atoms with E-state index in [1.165, 1.54) is 4.90 Å². The fourth-order valence-electron chi connectivity index (χ4n) is 3.56. The zero-order chi connectivity index (χ0) is 26.5. The molecule has 2 aromatic carbocycles. The first-order chi connectivity index (χ1) is 17.0. The quantitative estimate of drug-likeness (QED) is 0.399. The Labute approximate surface area is 210 Å². The van der Waals surface area contributed by atoms with Crippen LogP contribution in [-0.2, 0) is 10.2 Å². The van der Waals surface area contributed by atoms with Crippen molar-refractivity contribution in [3.05, 3.63) is 71.4 Å². The van der Waals surface area contributed by atoms with Crippen LogP contribution in [0.5, 0.6) is 0 Å². The van der Waals surface area contributed by atoms with Crippen LogP contribution in [0.4, 0.5) is 25.1 Å². The Balaban J connectivity index is 1.82. The molecule has 9 heteroatoms. The van der Waals surface area contributed by atoms with Crippen molar-refractivity contribution in [2.75, 3.05) is 23.7 Å². The maximum Gasteiger partial charge on any atom is 0.322 e. The van der Waals surface area contributed by atoms with Gasteiger partial charge in [-0.15, -0.1) is 0 Å². The molecule has 0 bridgehead atoms. The van der Waals surface area contributed by atoms with Crippen LogP contribution in [0.1, 0.15) is 51.8 Å². The molecule has 3 amide bonds. The van der Waals surface area contributed by atoms with Crippen molar-refractivity contribution in [1.29, 1.82) is 0 Å². The van der Waals surface area contributed by atoms with Crippen molar-refractivity contribution in [2.24, 2.45) is 0 Å². The van der Waals surface area contributed by atoms with Gasteiger partial charge in [-0.2, -0.15) is 5.10 Å². The van der Waals surface area contributed by atoms with Gasteiger partial charge in [-0.1, -0.05) is 52.3 Å². The van der Waals surface area contributed by atoms with Gasteiger partial charge >= 0.3 is 6.03 Å². The zero-order valence-corrected chi connectivity index (χ0v) is 21.4. The van der Waals surface area contributed by atoms with E-state index >= 15 is 0 Å². The first-order valence-corrected chi connectivity index (χ1v) is 12.0. The van der Waals surface area contributed by atoms with E-state index in [4.69, 9.17) is 5.10 Å². The number of hydrogen-bond acceptors (Lipinski definition) is 3. The topological polar surface area (TPSA) is 79.3 Å². The Morgan fingerprint density at radius 3 is 2.42 bits per heavy atom. The number of amides is 3. The van der Waals surface area contributed by atoms with Gasteiger partial charge in [0.15, 0.2) is 0 Å². The highest BCUT2D eigenvalue weighted by molar-refractivity contribution is 5.96. The molecule has 7 nitrogen and oxygen atoms in total. The molecule has 192 valence electrons. The molecule has 36 heavy (non-hydrogen) atoms. The number of unbranched alkanes of at least 4 members (excludes halogenated alkanes) is 1. The Morgan fingerprint density at radius 1 is 1.06 bits per heavy atom. The van der Waals surface area contributed by atoms with E-state index in [9.17, 15) is 18.4 Å². The van der Waals surface area contributed by atoms with Gasteiger partial charge in [0.05, 0.1) is 17.1 Å². The van der Waals surface area contributed by atoms with Crippen molar-refractivity contribution in [3.63, 3.8) is 0 Å². The number of nitrogens with one attached hydrogen (secondary N) is 2. The minimum atomic E-state index is -0.889. The summed E-state index contributed by atoms with van der Waals surface area (Å²) >= 11 is 0. The second-order valence-corrected chi connectivity index (χ2v) is 9.74. The van der Waals surface area contributed by atoms with Crippen molar-refractivity contribution >= 4 is 23.4 Å². The molecule has 0 atom stereocenters. The largest absolute Gasteiger partial charge is 0.322 e. The Hall–Kier alpha value is -3.75. The molecule has 1 aromatic heterocycles. The summed E-state index contributed by atoms with van der Waals surface area (Å²) in [7, 11) is 0. The smallest absolute Gasteiger partial charge is 0.315 e. The van der Waals surface area contributed by atoms with Crippen molar-refractivity contribution in [3.8, 4) is 5.69 Å². The number of para-hydroxylation sites is 1. The van der Waals surface area contributed by atoms with E-state index in [0.29, 0.717) is 24.8 Å². The van der Waals surface area contributed by atoms with Crippen LogP contribution >= 0.6 is 0 Å². The predicted octanol–water partition coefficient (Wildman–Crippen LogP) is 6.03. The summed E-state index contributed by atoms with van der Waals surface area (Å²) in [5.41, 5.74) is 2.21. The summed E-state index contributed by atoms with van der Waals surface area (Å²) < 4.78 is 29.0. The summed E-state index contributed by atoms with van der Waals surface area (Å²) in [6, 6.07) is 11.8. The number of rotatable bonds is 8. The average Bonchev–Trinajstić information content (AvgIpc) is 3.22. The van der Waals surface area contributed by atoms with Gasteiger partial charge in [0.1, 0.15) is 24.0 Å². The zero-order valence-electron chi connectivity index (χ0n) is 21.4. The van der Waals surface area contributed by atoms with Gasteiger partial charge in [0.2, 0.25) is 5.91 Å². The fourth-order valence-corrected chi connectivity index (χ4v) is 3.56. The van der Waals surface area contributed by atoms with Crippen LogP contribution in [0, 0.1) is 18.6 Å². The maximum absolute atomic E-state index is 14.1. The lowest BCUT2D eigenvalue weighted by Gasteiger charge is -2.23. The van der Waals surface area contributed by atoms with Crippen LogP contribution in [0.15, 0.2) is 48.5 Å². The Kier molecular flexibility index (Phi) is 8.45. The lowest BCUT2D eigenvalue weighted by atomic mass is 9.92. The molecule has 0 radical (unpaired) electrons. The minimum absolute atomic E-state index is 0.157. The lowest BCUT2D eigenvalue weighted by Crippen LogP contribution is -2.41. The number of anilines is 2. The van der Waals surface area contributed by atoms with E-state index in [1.807, 2.05) is 65.0 Å². The normalized spacial score (nSPS) is 11.3. The van der Waals surface area contributed by atoms with E-state index < -0.39 is 23.6 Å².